The first-order valence-corrected chi connectivity index (χ1v) is 5.15. The number of halogens is 1. The van der Waals surface area contributed by atoms with Crippen LogP contribution in [0.4, 0.5) is 10.1 Å². The second-order valence-electron chi connectivity index (χ2n) is 3.73. The summed E-state index contributed by atoms with van der Waals surface area (Å²) < 4.78 is 19.2. The molecule has 1 aromatic heterocycles. The summed E-state index contributed by atoms with van der Waals surface area (Å²) in [5.41, 5.74) is 7.53. The summed E-state index contributed by atoms with van der Waals surface area (Å²) in [5, 5.41) is 0. The summed E-state index contributed by atoms with van der Waals surface area (Å²) >= 11 is 0. The molecule has 0 amide bonds. The fourth-order valence-electron chi connectivity index (χ4n) is 1.69. The molecule has 17 heavy (non-hydrogen) atoms. The molecule has 0 bridgehead atoms. The summed E-state index contributed by atoms with van der Waals surface area (Å²) in [5.74, 6) is -0.166. The maximum atomic E-state index is 13.7. The molecule has 0 aliphatic heterocycles. The molecule has 0 unspecified atom stereocenters. The van der Waals surface area contributed by atoms with Gasteiger partial charge < -0.3 is 10.2 Å². The Morgan fingerprint density at radius 1 is 1.12 bits per heavy atom. The average molecular weight is 228 g/mol. The molecular weight excluding hydrogens is 219 g/mol. The average Bonchev–Trinajstić information content (AvgIpc) is 2.72. The highest BCUT2D eigenvalue weighted by Crippen LogP contribution is 2.27. The number of nitrogens with two attached hydrogens (primary N) is 1. The normalized spacial score (nSPS) is 10.9. The third-order valence-corrected chi connectivity index (χ3v) is 2.52. The summed E-state index contributed by atoms with van der Waals surface area (Å²) in [6, 6.07) is 11.7. The SMILES string of the molecule is Nc1ccc(-c2nc3ccccc3o2)c(F)c1. The predicted octanol–water partition coefficient (Wildman–Crippen LogP) is 3.22. The third-order valence-electron chi connectivity index (χ3n) is 2.52. The van der Waals surface area contributed by atoms with E-state index in [1.165, 1.54) is 6.07 Å². The predicted molar refractivity (Wildman–Crippen MR) is 63.8 cm³/mol. The molecule has 0 radical (unpaired) electrons. The van der Waals surface area contributed by atoms with Crippen LogP contribution in [-0.2, 0) is 0 Å². The first-order chi connectivity index (χ1) is 8.24. The van der Waals surface area contributed by atoms with Gasteiger partial charge in [-0.1, -0.05) is 12.1 Å². The standard InChI is InChI=1S/C13H9FN2O/c14-10-7-8(15)5-6-9(10)13-16-11-3-1-2-4-12(11)17-13/h1-7H,15H2. The van der Waals surface area contributed by atoms with Crippen LogP contribution in [0.3, 0.4) is 0 Å². The molecular formula is C13H9FN2O. The van der Waals surface area contributed by atoms with Gasteiger partial charge >= 0.3 is 0 Å². The quantitative estimate of drug-likeness (QED) is 0.650. The van der Waals surface area contributed by atoms with Gasteiger partial charge in [0.15, 0.2) is 5.58 Å². The number of fused-ring (bicyclic) bond motifs is 1. The van der Waals surface area contributed by atoms with Gasteiger partial charge in [-0.15, -0.1) is 0 Å². The van der Waals surface area contributed by atoms with Crippen molar-refractivity contribution in [3.63, 3.8) is 0 Å². The Hall–Kier alpha value is -2.36. The molecule has 2 N–H and O–H groups in total. The molecule has 0 saturated heterocycles. The second kappa shape index (κ2) is 3.59. The zero-order chi connectivity index (χ0) is 11.8. The Bertz CT molecular complexity index is 658. The first kappa shape index (κ1) is 9.84. The Morgan fingerprint density at radius 3 is 2.71 bits per heavy atom. The molecule has 84 valence electrons. The van der Waals surface area contributed by atoms with Gasteiger partial charge in [-0.05, 0) is 30.3 Å². The van der Waals surface area contributed by atoms with E-state index in [1.54, 1.807) is 18.2 Å². The van der Waals surface area contributed by atoms with Crippen LogP contribution < -0.4 is 5.73 Å². The van der Waals surface area contributed by atoms with Crippen LogP contribution in [0.25, 0.3) is 22.6 Å². The largest absolute Gasteiger partial charge is 0.436 e. The van der Waals surface area contributed by atoms with Gasteiger partial charge in [-0.3, -0.25) is 0 Å². The number of hydrogen-bond acceptors (Lipinski definition) is 3. The van der Waals surface area contributed by atoms with Crippen molar-refractivity contribution in [3.05, 3.63) is 48.3 Å². The van der Waals surface area contributed by atoms with Crippen molar-refractivity contribution in [2.75, 3.05) is 5.73 Å². The lowest BCUT2D eigenvalue weighted by Crippen LogP contribution is -1.89. The fraction of sp³-hybridized carbons (Fsp3) is 0. The number of nitrogens with zero attached hydrogens (tertiary/aromatic N) is 1. The van der Waals surface area contributed by atoms with Crippen LogP contribution in [0.5, 0.6) is 0 Å². The minimum Gasteiger partial charge on any atom is -0.436 e. The molecule has 4 heteroatoms. The topological polar surface area (TPSA) is 52.0 Å². The second-order valence-corrected chi connectivity index (χ2v) is 3.73. The number of oxazole rings is 1. The van der Waals surface area contributed by atoms with Crippen molar-refractivity contribution in [2.45, 2.75) is 0 Å². The lowest BCUT2D eigenvalue weighted by Gasteiger charge is -1.98. The van der Waals surface area contributed by atoms with Crippen LogP contribution in [-0.4, -0.2) is 4.98 Å². The van der Waals surface area contributed by atoms with E-state index in [2.05, 4.69) is 4.98 Å². The number of anilines is 1. The third kappa shape index (κ3) is 1.63. The lowest BCUT2D eigenvalue weighted by atomic mass is 10.2. The van der Waals surface area contributed by atoms with Gasteiger partial charge in [0.05, 0.1) is 5.56 Å². The van der Waals surface area contributed by atoms with Crippen LogP contribution in [0.2, 0.25) is 0 Å². The highest BCUT2D eigenvalue weighted by molar-refractivity contribution is 5.76. The minimum atomic E-state index is -0.434. The van der Waals surface area contributed by atoms with E-state index in [4.69, 9.17) is 10.2 Å². The summed E-state index contributed by atoms with van der Waals surface area (Å²) in [6.45, 7) is 0. The summed E-state index contributed by atoms with van der Waals surface area (Å²) in [7, 11) is 0. The van der Waals surface area contributed by atoms with Crippen molar-refractivity contribution in [2.24, 2.45) is 0 Å². The van der Waals surface area contributed by atoms with Crippen molar-refractivity contribution in [3.8, 4) is 11.5 Å². The Balaban J connectivity index is 2.20. The maximum Gasteiger partial charge on any atom is 0.230 e. The molecule has 3 nitrogen and oxygen atoms in total. The number of para-hydroxylation sites is 2. The van der Waals surface area contributed by atoms with Gasteiger partial charge in [0.2, 0.25) is 5.89 Å². The molecule has 0 fully saturated rings. The van der Waals surface area contributed by atoms with E-state index in [0.29, 0.717) is 22.4 Å². The van der Waals surface area contributed by atoms with E-state index in [1.807, 2.05) is 18.2 Å². The number of nitrogen functional groups attached to an aromatic ring is 1. The fourth-order valence-corrected chi connectivity index (χ4v) is 1.69. The number of rotatable bonds is 1. The molecule has 2 aromatic carbocycles. The molecule has 3 aromatic rings. The van der Waals surface area contributed by atoms with Crippen molar-refractivity contribution >= 4 is 16.8 Å². The van der Waals surface area contributed by atoms with Crippen molar-refractivity contribution in [1.29, 1.82) is 0 Å². The van der Waals surface area contributed by atoms with Crippen LogP contribution in [0, 0.1) is 5.82 Å². The Kier molecular flexibility index (Phi) is 2.08. The minimum absolute atomic E-state index is 0.267. The monoisotopic (exact) mass is 228 g/mol. The van der Waals surface area contributed by atoms with Crippen molar-refractivity contribution in [1.82, 2.24) is 4.98 Å². The first-order valence-electron chi connectivity index (χ1n) is 5.15. The summed E-state index contributed by atoms with van der Waals surface area (Å²) in [4.78, 5) is 4.23. The number of aromatic nitrogens is 1. The Labute approximate surface area is 96.7 Å². The smallest absolute Gasteiger partial charge is 0.230 e. The van der Waals surface area contributed by atoms with Gasteiger partial charge in [-0.25, -0.2) is 9.37 Å². The summed E-state index contributed by atoms with van der Waals surface area (Å²) in [6.07, 6.45) is 0. The lowest BCUT2D eigenvalue weighted by molar-refractivity contribution is 0.594. The highest BCUT2D eigenvalue weighted by Gasteiger charge is 2.12. The van der Waals surface area contributed by atoms with Gasteiger partial charge in [0.1, 0.15) is 11.3 Å². The maximum absolute atomic E-state index is 13.7. The van der Waals surface area contributed by atoms with Gasteiger partial charge in [-0.2, -0.15) is 0 Å². The Morgan fingerprint density at radius 2 is 1.94 bits per heavy atom. The molecule has 0 atom stereocenters. The molecule has 1 heterocycles. The van der Waals surface area contributed by atoms with Crippen LogP contribution >= 0.6 is 0 Å². The van der Waals surface area contributed by atoms with Crippen molar-refractivity contribution < 1.29 is 8.81 Å². The zero-order valence-corrected chi connectivity index (χ0v) is 8.85. The van der Waals surface area contributed by atoms with Crippen LogP contribution in [0.1, 0.15) is 0 Å². The molecule has 0 aliphatic carbocycles. The van der Waals surface area contributed by atoms with E-state index in [0.717, 1.165) is 0 Å². The molecule has 0 spiro atoms. The van der Waals surface area contributed by atoms with E-state index in [9.17, 15) is 4.39 Å². The van der Waals surface area contributed by atoms with E-state index >= 15 is 0 Å². The highest BCUT2D eigenvalue weighted by atomic mass is 19.1. The van der Waals surface area contributed by atoms with E-state index in [-0.39, 0.29) is 5.89 Å². The molecule has 0 saturated carbocycles. The van der Waals surface area contributed by atoms with E-state index < -0.39 is 5.82 Å². The molecule has 3 rings (SSSR count). The van der Waals surface area contributed by atoms with Crippen LogP contribution in [0.15, 0.2) is 46.9 Å². The van der Waals surface area contributed by atoms with Gasteiger partial charge in [0, 0.05) is 5.69 Å². The van der Waals surface area contributed by atoms with Gasteiger partial charge in [0.25, 0.3) is 0 Å². The zero-order valence-electron chi connectivity index (χ0n) is 8.85. The number of hydrogen-bond donors (Lipinski definition) is 1. The number of benzene rings is 2. The molecule has 0 aliphatic rings.